The van der Waals surface area contributed by atoms with Crippen molar-refractivity contribution in [1.29, 1.82) is 0 Å². The number of benzene rings is 3. The number of hydrogen-bond donors (Lipinski definition) is 0. The quantitative estimate of drug-likeness (QED) is 0.483. The van der Waals surface area contributed by atoms with Gasteiger partial charge in [-0.1, -0.05) is 48.5 Å². The van der Waals surface area contributed by atoms with Gasteiger partial charge in [0.1, 0.15) is 5.75 Å². The van der Waals surface area contributed by atoms with Crippen molar-refractivity contribution in [3.05, 3.63) is 99.6 Å². The summed E-state index contributed by atoms with van der Waals surface area (Å²) >= 11 is 0. The first-order chi connectivity index (χ1) is 12.2. The van der Waals surface area contributed by atoms with E-state index >= 15 is 0 Å². The molecule has 0 amide bonds. The molecule has 0 radical (unpaired) electrons. The summed E-state index contributed by atoms with van der Waals surface area (Å²) in [6.45, 7) is 0. The molecular weight excluding hydrogens is 314 g/mol. The SMILES string of the molecule is O=[N+]([O-])c1ccccc1Oc1cccc(C2Cc3ccccc3C2)c1. The van der Waals surface area contributed by atoms with E-state index in [2.05, 4.69) is 30.3 Å². The first-order valence-corrected chi connectivity index (χ1v) is 8.29. The zero-order chi connectivity index (χ0) is 17.2. The van der Waals surface area contributed by atoms with Gasteiger partial charge in [0.05, 0.1) is 4.92 Å². The van der Waals surface area contributed by atoms with E-state index in [-0.39, 0.29) is 11.4 Å². The Bertz CT molecular complexity index is 911. The van der Waals surface area contributed by atoms with Crippen molar-refractivity contribution in [2.24, 2.45) is 0 Å². The van der Waals surface area contributed by atoms with Crippen LogP contribution in [0.2, 0.25) is 0 Å². The summed E-state index contributed by atoms with van der Waals surface area (Å²) < 4.78 is 5.81. The van der Waals surface area contributed by atoms with Crippen LogP contribution < -0.4 is 4.74 Å². The van der Waals surface area contributed by atoms with Crippen molar-refractivity contribution in [3.63, 3.8) is 0 Å². The monoisotopic (exact) mass is 331 g/mol. The van der Waals surface area contributed by atoms with Crippen LogP contribution in [0.3, 0.4) is 0 Å². The Balaban J connectivity index is 1.58. The summed E-state index contributed by atoms with van der Waals surface area (Å²) in [5.74, 6) is 1.31. The van der Waals surface area contributed by atoms with E-state index in [1.807, 2.05) is 18.2 Å². The Morgan fingerprint density at radius 3 is 2.28 bits per heavy atom. The van der Waals surface area contributed by atoms with Crippen LogP contribution in [-0.4, -0.2) is 4.92 Å². The van der Waals surface area contributed by atoms with E-state index in [1.54, 1.807) is 18.2 Å². The normalized spacial score (nSPS) is 13.4. The molecule has 0 bridgehead atoms. The lowest BCUT2D eigenvalue weighted by Crippen LogP contribution is -1.98. The van der Waals surface area contributed by atoms with E-state index in [4.69, 9.17) is 4.74 Å². The third-order valence-corrected chi connectivity index (χ3v) is 4.67. The van der Waals surface area contributed by atoms with Gasteiger partial charge in [0.25, 0.3) is 0 Å². The standard InChI is InChI=1S/C21H17NO3/c23-22(24)20-10-3-4-11-21(20)25-19-9-5-8-17(14-19)18-12-15-6-1-2-7-16(15)13-18/h1-11,14,18H,12-13H2. The van der Waals surface area contributed by atoms with Gasteiger partial charge in [-0.05, 0) is 53.6 Å². The highest BCUT2D eigenvalue weighted by atomic mass is 16.6. The van der Waals surface area contributed by atoms with Gasteiger partial charge in [0.15, 0.2) is 0 Å². The van der Waals surface area contributed by atoms with Crippen LogP contribution in [0.4, 0.5) is 5.69 Å². The first kappa shape index (κ1) is 15.4. The van der Waals surface area contributed by atoms with E-state index in [0.29, 0.717) is 11.7 Å². The lowest BCUT2D eigenvalue weighted by atomic mass is 9.96. The Hall–Kier alpha value is -3.14. The highest BCUT2D eigenvalue weighted by molar-refractivity contribution is 5.49. The molecule has 0 heterocycles. The molecule has 4 nitrogen and oxygen atoms in total. The minimum Gasteiger partial charge on any atom is -0.450 e. The molecule has 1 aliphatic carbocycles. The summed E-state index contributed by atoms with van der Waals surface area (Å²) in [4.78, 5) is 10.7. The fourth-order valence-corrected chi connectivity index (χ4v) is 3.45. The molecule has 0 unspecified atom stereocenters. The maximum atomic E-state index is 11.1. The minimum absolute atomic E-state index is 0.0267. The van der Waals surface area contributed by atoms with E-state index < -0.39 is 4.92 Å². The molecule has 0 aromatic heterocycles. The fourth-order valence-electron chi connectivity index (χ4n) is 3.45. The molecule has 0 atom stereocenters. The van der Waals surface area contributed by atoms with Gasteiger partial charge in [0, 0.05) is 6.07 Å². The van der Waals surface area contributed by atoms with Crippen molar-refractivity contribution in [2.45, 2.75) is 18.8 Å². The number of ether oxygens (including phenoxy) is 1. The van der Waals surface area contributed by atoms with Crippen molar-refractivity contribution in [1.82, 2.24) is 0 Å². The van der Waals surface area contributed by atoms with Gasteiger partial charge in [-0.15, -0.1) is 0 Å². The molecule has 4 heteroatoms. The predicted molar refractivity (Wildman–Crippen MR) is 96.2 cm³/mol. The highest BCUT2D eigenvalue weighted by Gasteiger charge is 2.23. The van der Waals surface area contributed by atoms with Crippen LogP contribution in [0.5, 0.6) is 11.5 Å². The molecule has 0 saturated heterocycles. The summed E-state index contributed by atoms with van der Waals surface area (Å²) in [6.07, 6.45) is 2.04. The maximum Gasteiger partial charge on any atom is 0.311 e. The van der Waals surface area contributed by atoms with Crippen LogP contribution in [0, 0.1) is 10.1 Å². The summed E-state index contributed by atoms with van der Waals surface area (Å²) in [5, 5.41) is 11.1. The second kappa shape index (κ2) is 6.40. The Labute approximate surface area is 145 Å². The zero-order valence-corrected chi connectivity index (χ0v) is 13.6. The third-order valence-electron chi connectivity index (χ3n) is 4.67. The Kier molecular flexibility index (Phi) is 3.94. The molecule has 0 aliphatic heterocycles. The number of fused-ring (bicyclic) bond motifs is 1. The fraction of sp³-hybridized carbons (Fsp3) is 0.143. The average molecular weight is 331 g/mol. The smallest absolute Gasteiger partial charge is 0.311 e. The maximum absolute atomic E-state index is 11.1. The lowest BCUT2D eigenvalue weighted by molar-refractivity contribution is -0.385. The van der Waals surface area contributed by atoms with Crippen LogP contribution in [-0.2, 0) is 12.8 Å². The number of para-hydroxylation sites is 2. The van der Waals surface area contributed by atoms with Gasteiger partial charge in [0.2, 0.25) is 5.75 Å². The van der Waals surface area contributed by atoms with E-state index in [9.17, 15) is 10.1 Å². The summed E-state index contributed by atoms with van der Waals surface area (Å²) in [7, 11) is 0. The predicted octanol–water partition coefficient (Wildman–Crippen LogP) is 5.27. The van der Waals surface area contributed by atoms with Gasteiger partial charge in [-0.3, -0.25) is 10.1 Å². The average Bonchev–Trinajstić information content (AvgIpc) is 3.06. The third kappa shape index (κ3) is 3.11. The second-order valence-corrected chi connectivity index (χ2v) is 6.27. The van der Waals surface area contributed by atoms with Crippen molar-refractivity contribution in [3.8, 4) is 11.5 Å². The van der Waals surface area contributed by atoms with Crippen LogP contribution in [0.15, 0.2) is 72.8 Å². The van der Waals surface area contributed by atoms with Crippen LogP contribution >= 0.6 is 0 Å². The topological polar surface area (TPSA) is 52.4 Å². The number of nitro groups is 1. The molecular formula is C21H17NO3. The Morgan fingerprint density at radius 1 is 0.880 bits per heavy atom. The number of hydrogen-bond acceptors (Lipinski definition) is 3. The summed E-state index contributed by atoms with van der Waals surface area (Å²) in [5.41, 5.74) is 3.98. The molecule has 124 valence electrons. The van der Waals surface area contributed by atoms with Crippen molar-refractivity contribution < 1.29 is 9.66 Å². The Morgan fingerprint density at radius 2 is 1.56 bits per heavy atom. The first-order valence-electron chi connectivity index (χ1n) is 8.29. The van der Waals surface area contributed by atoms with Gasteiger partial charge in [-0.25, -0.2) is 0 Å². The largest absolute Gasteiger partial charge is 0.450 e. The van der Waals surface area contributed by atoms with Gasteiger partial charge >= 0.3 is 5.69 Å². The highest BCUT2D eigenvalue weighted by Crippen LogP contribution is 2.36. The van der Waals surface area contributed by atoms with Crippen LogP contribution in [0.1, 0.15) is 22.6 Å². The number of nitro benzene ring substituents is 1. The molecule has 1 aliphatic rings. The molecule has 0 fully saturated rings. The van der Waals surface area contributed by atoms with E-state index in [0.717, 1.165) is 12.8 Å². The summed E-state index contributed by atoms with van der Waals surface area (Å²) in [6, 6.07) is 22.8. The number of nitrogens with zero attached hydrogens (tertiary/aromatic N) is 1. The molecule has 0 saturated carbocycles. The van der Waals surface area contributed by atoms with Gasteiger partial charge in [-0.2, -0.15) is 0 Å². The molecule has 3 aromatic rings. The molecule has 4 rings (SSSR count). The minimum atomic E-state index is -0.424. The van der Waals surface area contributed by atoms with Crippen molar-refractivity contribution in [2.75, 3.05) is 0 Å². The molecule has 25 heavy (non-hydrogen) atoms. The second-order valence-electron chi connectivity index (χ2n) is 6.27. The molecule has 3 aromatic carbocycles. The molecule has 0 spiro atoms. The zero-order valence-electron chi connectivity index (χ0n) is 13.6. The van der Waals surface area contributed by atoms with Crippen LogP contribution in [0.25, 0.3) is 0 Å². The van der Waals surface area contributed by atoms with E-state index in [1.165, 1.54) is 22.8 Å². The lowest BCUT2D eigenvalue weighted by Gasteiger charge is -2.12. The van der Waals surface area contributed by atoms with Gasteiger partial charge < -0.3 is 4.74 Å². The molecule has 0 N–H and O–H groups in total. The number of rotatable bonds is 4. The van der Waals surface area contributed by atoms with Crippen molar-refractivity contribution >= 4 is 5.69 Å².